The number of carbonyl (C=O) groups excluding carboxylic acids is 1. The highest BCUT2D eigenvalue weighted by Gasteiger charge is 2.28. The Bertz CT molecular complexity index is 688. The molecule has 0 bridgehead atoms. The second-order valence-electron chi connectivity index (χ2n) is 7.66. The number of benzene rings is 1. The van der Waals surface area contributed by atoms with Crippen molar-refractivity contribution < 1.29 is 24.5 Å². The second-order valence-corrected chi connectivity index (χ2v) is 7.66. The molecule has 0 saturated carbocycles. The van der Waals surface area contributed by atoms with Gasteiger partial charge in [-0.25, -0.2) is 0 Å². The normalized spacial score (nSPS) is 17.9. The number of hydrogen-bond acceptors (Lipinski definition) is 4. The van der Waals surface area contributed by atoms with Crippen LogP contribution >= 0.6 is 0 Å². The lowest BCUT2D eigenvalue weighted by Crippen LogP contribution is -2.32. The number of methoxy groups -OCH3 is 1. The number of carboxylic acid groups (broad SMARTS) is 1. The number of rotatable bonds is 13. The molecule has 29 heavy (non-hydrogen) atoms. The summed E-state index contributed by atoms with van der Waals surface area (Å²) in [5.41, 5.74) is 2.13. The largest absolute Gasteiger partial charge is 0.481 e. The van der Waals surface area contributed by atoms with Crippen molar-refractivity contribution in [3.8, 4) is 0 Å². The van der Waals surface area contributed by atoms with Crippen molar-refractivity contribution >= 4 is 11.9 Å². The minimum Gasteiger partial charge on any atom is -0.481 e. The van der Waals surface area contributed by atoms with Gasteiger partial charge in [-0.3, -0.25) is 9.59 Å². The SMILES string of the molecule is COCc1cccc(C[C@H](O)/C=C/C2CCC(=O)N2CCCCCCC(=O)O)c1. The van der Waals surface area contributed by atoms with Gasteiger partial charge in [0, 0.05) is 32.9 Å². The second kappa shape index (κ2) is 12.4. The minimum atomic E-state index is -0.756. The summed E-state index contributed by atoms with van der Waals surface area (Å²) in [5, 5.41) is 19.0. The summed E-state index contributed by atoms with van der Waals surface area (Å²) in [4.78, 5) is 24.6. The zero-order chi connectivity index (χ0) is 21.1. The molecule has 0 aliphatic carbocycles. The lowest BCUT2D eigenvalue weighted by atomic mass is 10.0. The van der Waals surface area contributed by atoms with Crippen LogP contribution in [0, 0.1) is 0 Å². The zero-order valence-electron chi connectivity index (χ0n) is 17.3. The van der Waals surface area contributed by atoms with Crippen LogP contribution in [0.25, 0.3) is 0 Å². The maximum atomic E-state index is 12.2. The van der Waals surface area contributed by atoms with E-state index in [-0.39, 0.29) is 18.4 Å². The van der Waals surface area contributed by atoms with E-state index in [9.17, 15) is 14.7 Å². The summed E-state index contributed by atoms with van der Waals surface area (Å²) in [6.45, 7) is 1.24. The van der Waals surface area contributed by atoms with Crippen molar-refractivity contribution in [2.45, 2.75) is 70.1 Å². The Kier molecular flexibility index (Phi) is 9.88. The Balaban J connectivity index is 1.79. The Hall–Kier alpha value is -2.18. The highest BCUT2D eigenvalue weighted by molar-refractivity contribution is 5.79. The maximum absolute atomic E-state index is 12.2. The summed E-state index contributed by atoms with van der Waals surface area (Å²) in [7, 11) is 1.66. The van der Waals surface area contributed by atoms with E-state index in [2.05, 4.69) is 0 Å². The zero-order valence-corrected chi connectivity index (χ0v) is 17.3. The van der Waals surface area contributed by atoms with Crippen molar-refractivity contribution in [2.75, 3.05) is 13.7 Å². The third-order valence-corrected chi connectivity index (χ3v) is 5.22. The number of carbonyl (C=O) groups is 2. The molecule has 1 aromatic rings. The number of unbranched alkanes of at least 4 members (excludes halogenated alkanes) is 3. The average molecular weight is 404 g/mol. The van der Waals surface area contributed by atoms with Crippen molar-refractivity contribution in [3.63, 3.8) is 0 Å². The lowest BCUT2D eigenvalue weighted by Gasteiger charge is -2.22. The Labute approximate surface area is 173 Å². The molecule has 6 heteroatoms. The van der Waals surface area contributed by atoms with Crippen LogP contribution in [-0.2, 0) is 27.4 Å². The molecule has 1 heterocycles. The van der Waals surface area contributed by atoms with Crippen LogP contribution in [-0.4, -0.2) is 52.8 Å². The quantitative estimate of drug-likeness (QED) is 0.390. The molecule has 1 unspecified atom stereocenters. The molecule has 0 aromatic heterocycles. The molecule has 2 rings (SSSR count). The van der Waals surface area contributed by atoms with E-state index in [1.807, 2.05) is 35.2 Å². The van der Waals surface area contributed by atoms with Gasteiger partial charge in [-0.1, -0.05) is 49.3 Å². The van der Waals surface area contributed by atoms with Gasteiger partial charge in [-0.05, 0) is 30.4 Å². The number of nitrogens with zero attached hydrogens (tertiary/aromatic N) is 1. The van der Waals surface area contributed by atoms with Crippen molar-refractivity contribution in [1.29, 1.82) is 0 Å². The molecule has 1 aliphatic heterocycles. The average Bonchev–Trinajstić information content (AvgIpc) is 3.03. The number of ether oxygens (including phenoxy) is 1. The first-order chi connectivity index (χ1) is 14.0. The van der Waals surface area contributed by atoms with E-state index >= 15 is 0 Å². The standard InChI is InChI=1S/C23H33NO5/c1-29-17-19-8-6-7-18(15-19)16-21(25)12-10-20-11-13-22(26)24(20)14-5-3-2-4-9-23(27)28/h6-8,10,12,15,20-21,25H,2-5,9,11,13-14,16-17H2,1H3,(H,27,28)/b12-10+/t20?,21-/m1/s1. The van der Waals surface area contributed by atoms with Crippen LogP contribution < -0.4 is 0 Å². The van der Waals surface area contributed by atoms with Gasteiger partial charge >= 0.3 is 5.97 Å². The topological polar surface area (TPSA) is 87.1 Å². The molecular formula is C23H33NO5. The number of aliphatic carboxylic acids is 1. The van der Waals surface area contributed by atoms with Crippen molar-refractivity contribution in [1.82, 2.24) is 4.90 Å². The monoisotopic (exact) mass is 403 g/mol. The third-order valence-electron chi connectivity index (χ3n) is 5.22. The molecule has 0 spiro atoms. The predicted molar refractivity (Wildman–Crippen MR) is 111 cm³/mol. The molecule has 1 aromatic carbocycles. The van der Waals surface area contributed by atoms with Crippen LogP contribution in [0.4, 0.5) is 0 Å². The molecule has 1 amide bonds. The van der Waals surface area contributed by atoms with Gasteiger partial charge in [0.1, 0.15) is 0 Å². The predicted octanol–water partition coefficient (Wildman–Crippen LogP) is 3.32. The smallest absolute Gasteiger partial charge is 0.303 e. The number of amides is 1. The first kappa shape index (κ1) is 23.1. The van der Waals surface area contributed by atoms with Gasteiger partial charge in [0.15, 0.2) is 0 Å². The van der Waals surface area contributed by atoms with Crippen LogP contribution in [0.15, 0.2) is 36.4 Å². The highest BCUT2D eigenvalue weighted by Crippen LogP contribution is 2.21. The van der Waals surface area contributed by atoms with Crippen LogP contribution in [0.5, 0.6) is 0 Å². The molecule has 1 saturated heterocycles. The van der Waals surface area contributed by atoms with Gasteiger partial charge in [-0.15, -0.1) is 0 Å². The summed E-state index contributed by atoms with van der Waals surface area (Å²) in [6, 6.07) is 8.03. The lowest BCUT2D eigenvalue weighted by molar-refractivity contribution is -0.137. The van der Waals surface area contributed by atoms with Gasteiger partial charge in [0.05, 0.1) is 18.8 Å². The van der Waals surface area contributed by atoms with E-state index in [1.54, 1.807) is 13.2 Å². The van der Waals surface area contributed by atoms with Crippen molar-refractivity contribution in [2.24, 2.45) is 0 Å². The molecule has 1 aliphatic rings. The van der Waals surface area contributed by atoms with E-state index in [0.29, 0.717) is 32.4 Å². The molecule has 1 fully saturated rings. The van der Waals surface area contributed by atoms with Crippen LogP contribution in [0.3, 0.4) is 0 Å². The molecule has 0 radical (unpaired) electrons. The first-order valence-corrected chi connectivity index (χ1v) is 10.4. The fraction of sp³-hybridized carbons (Fsp3) is 0.565. The van der Waals surface area contributed by atoms with Gasteiger partial charge in [-0.2, -0.15) is 0 Å². The minimum absolute atomic E-state index is 0.0380. The Morgan fingerprint density at radius 1 is 1.28 bits per heavy atom. The van der Waals surface area contributed by atoms with E-state index in [4.69, 9.17) is 9.84 Å². The van der Waals surface area contributed by atoms with Gasteiger partial charge < -0.3 is 19.8 Å². The molecule has 6 nitrogen and oxygen atoms in total. The van der Waals surface area contributed by atoms with Crippen LogP contribution in [0.1, 0.15) is 56.1 Å². The fourth-order valence-corrected chi connectivity index (χ4v) is 3.74. The van der Waals surface area contributed by atoms with Crippen LogP contribution in [0.2, 0.25) is 0 Å². The molecule has 2 N–H and O–H groups in total. The number of aliphatic hydroxyl groups excluding tert-OH is 1. The molecule has 2 atom stereocenters. The summed E-state index contributed by atoms with van der Waals surface area (Å²) in [6.07, 6.45) is 8.58. The summed E-state index contributed by atoms with van der Waals surface area (Å²) < 4.78 is 5.15. The fourth-order valence-electron chi connectivity index (χ4n) is 3.74. The highest BCUT2D eigenvalue weighted by atomic mass is 16.5. The third kappa shape index (κ3) is 8.38. The summed E-state index contributed by atoms with van der Waals surface area (Å²) >= 11 is 0. The van der Waals surface area contributed by atoms with Gasteiger partial charge in [0.2, 0.25) is 5.91 Å². The first-order valence-electron chi connectivity index (χ1n) is 10.4. The Morgan fingerprint density at radius 3 is 2.79 bits per heavy atom. The maximum Gasteiger partial charge on any atom is 0.303 e. The van der Waals surface area contributed by atoms with Gasteiger partial charge in [0.25, 0.3) is 0 Å². The van der Waals surface area contributed by atoms with E-state index in [1.165, 1.54) is 0 Å². The molecular weight excluding hydrogens is 370 g/mol. The number of likely N-dealkylation sites (tertiary alicyclic amines) is 1. The number of carboxylic acids is 1. The molecule has 160 valence electrons. The number of aliphatic hydroxyl groups is 1. The number of hydrogen-bond donors (Lipinski definition) is 2. The summed E-state index contributed by atoms with van der Waals surface area (Å²) in [5.74, 6) is -0.596. The Morgan fingerprint density at radius 2 is 2.03 bits per heavy atom. The van der Waals surface area contributed by atoms with E-state index in [0.717, 1.165) is 36.8 Å². The van der Waals surface area contributed by atoms with Crippen molar-refractivity contribution in [3.05, 3.63) is 47.5 Å². The van der Waals surface area contributed by atoms with E-state index < -0.39 is 12.1 Å².